The van der Waals surface area contributed by atoms with Gasteiger partial charge in [0.15, 0.2) is 0 Å². The van der Waals surface area contributed by atoms with Gasteiger partial charge in [-0.05, 0) is 105 Å². The largest absolute Gasteiger partial charge is 0.489 e. The third kappa shape index (κ3) is 8.45. The van der Waals surface area contributed by atoms with Crippen molar-refractivity contribution in [1.82, 2.24) is 25.7 Å². The summed E-state index contributed by atoms with van der Waals surface area (Å²) in [5.74, 6) is 1.04. The molecular formula is C50H57ClN8O4. The molecule has 2 aliphatic carbocycles. The lowest BCUT2D eigenvalue weighted by Crippen LogP contribution is -2.74. The molecule has 63 heavy (non-hydrogen) atoms. The minimum atomic E-state index is -0.640. The van der Waals surface area contributed by atoms with E-state index in [4.69, 9.17) is 21.4 Å². The molecule has 3 aromatic carbocycles. The molecule has 0 radical (unpaired) electrons. The molecule has 0 bridgehead atoms. The second kappa shape index (κ2) is 17.1. The molecule has 1 atom stereocenters. The maximum atomic E-state index is 13.8. The maximum absolute atomic E-state index is 13.8. The van der Waals surface area contributed by atoms with Crippen molar-refractivity contribution in [3.05, 3.63) is 117 Å². The molecule has 1 aromatic heterocycles. The number of hydrogen-bond donors (Lipinski definition) is 3. The summed E-state index contributed by atoms with van der Waals surface area (Å²) in [5, 5.41) is 25.8. The highest BCUT2D eigenvalue weighted by Gasteiger charge is 2.64. The number of ether oxygens (including phenoxy) is 1. The minimum Gasteiger partial charge on any atom is -0.489 e. The quantitative estimate of drug-likeness (QED) is 0.147. The summed E-state index contributed by atoms with van der Waals surface area (Å²) in [6, 6.07) is 20.4. The molecule has 2 amide bonds. The molecule has 2 saturated carbocycles. The van der Waals surface area contributed by atoms with Crippen LogP contribution in [0.2, 0.25) is 5.02 Å². The minimum absolute atomic E-state index is 0.114. The number of amides is 2. The van der Waals surface area contributed by atoms with Crippen LogP contribution in [-0.4, -0.2) is 73.0 Å². The standard InChI is InChI=1S/C50H57ClN8O4/c1-49(2)47(50(3,4)48(49)63-38-17-12-34(30-52)41(51)29-38)55-44(60)33-10-14-36(15-11-33)57-24-20-31(21-25-57)6-5-7-35-13-19-42(45(61)54-35)59-46(62)39-18-16-37(58-26-22-53-23-27-58)28-40(39)43(56-59)32-8-9-32/h5-7,10-12,14-18,28-29,31-32,42,47-48,53H,8-9,13,19-27H2,1-4H3,(H,54,61)(H,55,60)/b6-5+,35-7-. The fraction of sp³-hybridized carbons (Fsp3) is 0.460. The molecule has 4 aromatic rings. The van der Waals surface area contributed by atoms with Gasteiger partial charge in [-0.15, -0.1) is 0 Å². The van der Waals surface area contributed by atoms with E-state index in [0.717, 1.165) is 93.1 Å². The lowest BCUT2D eigenvalue weighted by Gasteiger charge is -2.63. The molecule has 0 spiro atoms. The first-order valence-electron chi connectivity index (χ1n) is 22.5. The summed E-state index contributed by atoms with van der Waals surface area (Å²) in [7, 11) is 0. The maximum Gasteiger partial charge on any atom is 0.275 e. The number of carbonyl (C=O) groups is 2. The van der Waals surface area contributed by atoms with Crippen LogP contribution in [0.4, 0.5) is 11.4 Å². The van der Waals surface area contributed by atoms with Gasteiger partial charge in [-0.25, -0.2) is 4.68 Å². The predicted octanol–water partition coefficient (Wildman–Crippen LogP) is 7.63. The first-order chi connectivity index (χ1) is 30.3. The van der Waals surface area contributed by atoms with Crippen LogP contribution in [0.25, 0.3) is 10.8 Å². The Kier molecular flexibility index (Phi) is 11.6. The average molecular weight is 870 g/mol. The van der Waals surface area contributed by atoms with E-state index in [0.29, 0.717) is 52.0 Å². The Hall–Kier alpha value is -5.64. The molecule has 4 heterocycles. The van der Waals surface area contributed by atoms with Gasteiger partial charge in [-0.1, -0.05) is 51.4 Å². The van der Waals surface area contributed by atoms with Gasteiger partial charge in [-0.3, -0.25) is 14.4 Å². The van der Waals surface area contributed by atoms with Crippen LogP contribution in [0.1, 0.15) is 99.8 Å². The Morgan fingerprint density at radius 1 is 0.889 bits per heavy atom. The number of piperazine rings is 1. The van der Waals surface area contributed by atoms with Crippen LogP contribution in [0.5, 0.6) is 5.75 Å². The third-order valence-corrected chi connectivity index (χ3v) is 14.4. The van der Waals surface area contributed by atoms with Gasteiger partial charge in [0, 0.05) is 96.1 Å². The Labute approximate surface area is 374 Å². The van der Waals surface area contributed by atoms with Gasteiger partial charge in [0.2, 0.25) is 5.91 Å². The molecule has 9 rings (SSSR count). The second-order valence-electron chi connectivity index (χ2n) is 19.2. The number of anilines is 2. The summed E-state index contributed by atoms with van der Waals surface area (Å²) in [4.78, 5) is 45.6. The Morgan fingerprint density at radius 2 is 1.59 bits per heavy atom. The predicted molar refractivity (Wildman–Crippen MR) is 247 cm³/mol. The lowest BCUT2D eigenvalue weighted by atomic mass is 9.49. The van der Waals surface area contributed by atoms with Crippen LogP contribution in [-0.2, 0) is 4.79 Å². The number of nitriles is 1. The van der Waals surface area contributed by atoms with E-state index in [2.05, 4.69) is 77.7 Å². The molecule has 13 heteroatoms. The van der Waals surface area contributed by atoms with Crippen LogP contribution in [0.3, 0.4) is 0 Å². The van der Waals surface area contributed by atoms with Gasteiger partial charge < -0.3 is 30.5 Å². The van der Waals surface area contributed by atoms with E-state index in [1.165, 1.54) is 4.68 Å². The molecule has 5 aliphatic rings. The number of piperidine rings is 2. The van der Waals surface area contributed by atoms with Gasteiger partial charge in [0.1, 0.15) is 24.0 Å². The van der Waals surface area contributed by atoms with Gasteiger partial charge in [0.25, 0.3) is 11.5 Å². The van der Waals surface area contributed by atoms with Crippen LogP contribution < -0.4 is 36.0 Å². The Morgan fingerprint density at radius 3 is 2.25 bits per heavy atom. The fourth-order valence-corrected chi connectivity index (χ4v) is 10.9. The number of carbonyl (C=O) groups excluding carboxylic acids is 2. The van der Waals surface area contributed by atoms with E-state index >= 15 is 0 Å². The highest BCUT2D eigenvalue weighted by atomic mass is 35.5. The molecular weight excluding hydrogens is 812 g/mol. The first-order valence-corrected chi connectivity index (χ1v) is 22.9. The molecule has 12 nitrogen and oxygen atoms in total. The van der Waals surface area contributed by atoms with Crippen molar-refractivity contribution in [3.8, 4) is 11.8 Å². The molecule has 3 N–H and O–H groups in total. The van der Waals surface area contributed by atoms with Crippen molar-refractivity contribution in [2.45, 2.75) is 90.3 Å². The summed E-state index contributed by atoms with van der Waals surface area (Å²) in [6.07, 6.45) is 11.4. The number of nitrogens with zero attached hydrogens (tertiary/aromatic N) is 5. The van der Waals surface area contributed by atoms with Crippen molar-refractivity contribution in [2.75, 3.05) is 49.1 Å². The summed E-state index contributed by atoms with van der Waals surface area (Å²) < 4.78 is 7.85. The van der Waals surface area contributed by atoms with E-state index in [9.17, 15) is 19.6 Å². The SMILES string of the molecule is CC1(C)C(NC(=O)c2ccc(N3CCC(/C=C/C=C4/CCC(n5nc(C6CC6)c6cc(N7CCNCC7)ccc6c5=O)C(=O)N4)CC3)cc2)C(C)(C)C1Oc1ccc(C#N)c(Cl)c1. The van der Waals surface area contributed by atoms with Crippen molar-refractivity contribution in [1.29, 1.82) is 5.26 Å². The van der Waals surface area contributed by atoms with Gasteiger partial charge >= 0.3 is 0 Å². The third-order valence-electron chi connectivity index (χ3n) is 14.1. The number of rotatable bonds is 10. The number of fused-ring (bicyclic) bond motifs is 1. The zero-order valence-corrected chi connectivity index (χ0v) is 37.4. The number of halogens is 1. The monoisotopic (exact) mass is 868 g/mol. The van der Waals surface area contributed by atoms with Gasteiger partial charge in [-0.2, -0.15) is 10.4 Å². The molecule has 3 saturated heterocycles. The first kappa shape index (κ1) is 42.7. The number of benzene rings is 3. The summed E-state index contributed by atoms with van der Waals surface area (Å²) in [6.45, 7) is 13.9. The smallest absolute Gasteiger partial charge is 0.275 e. The van der Waals surface area contributed by atoms with E-state index in [-0.39, 0.29) is 40.3 Å². The van der Waals surface area contributed by atoms with Crippen molar-refractivity contribution >= 4 is 45.6 Å². The number of hydrogen-bond acceptors (Lipinski definition) is 9. The molecule has 328 valence electrons. The van der Waals surface area contributed by atoms with Crippen LogP contribution >= 0.6 is 11.6 Å². The number of nitrogens with one attached hydrogen (secondary N) is 3. The van der Waals surface area contributed by atoms with Crippen molar-refractivity contribution in [2.24, 2.45) is 16.7 Å². The number of aromatic nitrogens is 2. The van der Waals surface area contributed by atoms with E-state index in [1.54, 1.807) is 18.2 Å². The average Bonchev–Trinajstić information content (AvgIpc) is 4.14. The van der Waals surface area contributed by atoms with E-state index < -0.39 is 6.04 Å². The van der Waals surface area contributed by atoms with Crippen LogP contribution in [0, 0.1) is 28.1 Å². The summed E-state index contributed by atoms with van der Waals surface area (Å²) in [5.41, 5.74) is 4.13. The normalized spacial score (nSPS) is 24.2. The zero-order chi connectivity index (χ0) is 44.0. The zero-order valence-electron chi connectivity index (χ0n) is 36.6. The highest BCUT2D eigenvalue weighted by molar-refractivity contribution is 6.31. The van der Waals surface area contributed by atoms with Crippen molar-refractivity contribution < 1.29 is 14.3 Å². The molecule has 1 unspecified atom stereocenters. The fourth-order valence-electron chi connectivity index (χ4n) is 10.7. The van der Waals surface area contributed by atoms with Crippen molar-refractivity contribution in [3.63, 3.8) is 0 Å². The molecule has 5 fully saturated rings. The van der Waals surface area contributed by atoms with Gasteiger partial charge in [0.05, 0.1) is 21.7 Å². The van der Waals surface area contributed by atoms with Crippen LogP contribution in [0.15, 0.2) is 89.4 Å². The van der Waals surface area contributed by atoms with E-state index in [1.807, 2.05) is 42.5 Å². The lowest BCUT2D eigenvalue weighted by molar-refractivity contribution is -0.164. The topological polar surface area (TPSA) is 145 Å². The Bertz CT molecular complexity index is 2560. The highest BCUT2D eigenvalue weighted by Crippen LogP contribution is 2.55. The summed E-state index contributed by atoms with van der Waals surface area (Å²) >= 11 is 6.26. The second-order valence-corrected chi connectivity index (χ2v) is 19.6. The number of allylic oxidation sites excluding steroid dienone is 4. The molecule has 3 aliphatic heterocycles. The Balaban J connectivity index is 0.762.